The number of sulfonamides is 1. The molecule has 5 aromatic carbocycles. The van der Waals surface area contributed by atoms with Crippen molar-refractivity contribution in [1.29, 1.82) is 0 Å². The number of hydrogen-bond donors (Lipinski definition) is 3. The monoisotopic (exact) mass is 744 g/mol. The molecule has 0 saturated carbocycles. The lowest BCUT2D eigenvalue weighted by Gasteiger charge is -2.41. The molecule has 1 saturated heterocycles. The van der Waals surface area contributed by atoms with Crippen molar-refractivity contribution in [1.82, 2.24) is 19.6 Å². The summed E-state index contributed by atoms with van der Waals surface area (Å²) in [6.45, 7) is 4.75. The number of para-hydroxylation sites is 2. The average Bonchev–Trinajstić information content (AvgIpc) is 3.60. The number of carbonyl (C=O) groups excluding carboxylic acids is 1. The molecule has 0 bridgehead atoms. The Morgan fingerprint density at radius 3 is 2.20 bits per heavy atom. The normalized spacial score (nSPS) is 19.4. The zero-order valence-electron chi connectivity index (χ0n) is 30.2. The fraction of sp³-hybridized carbons (Fsp3) is 0.256. The fourth-order valence-corrected chi connectivity index (χ4v) is 7.99. The summed E-state index contributed by atoms with van der Waals surface area (Å²) in [5.41, 5.74) is 7.19. The van der Waals surface area contributed by atoms with Crippen LogP contribution in [0.5, 0.6) is 0 Å². The van der Waals surface area contributed by atoms with Crippen LogP contribution in [-0.4, -0.2) is 41.1 Å². The van der Waals surface area contributed by atoms with Gasteiger partial charge in [-0.05, 0) is 59.9 Å². The summed E-state index contributed by atoms with van der Waals surface area (Å²) < 4.78 is 44.7. The van der Waals surface area contributed by atoms with Gasteiger partial charge in [0.25, 0.3) is 0 Å². The largest absolute Gasteiger partial charge is 0.392 e. The molecule has 7 rings (SSSR count). The molecule has 1 amide bonds. The first-order valence-corrected chi connectivity index (χ1v) is 19.5. The van der Waals surface area contributed by atoms with Crippen LogP contribution in [0.15, 0.2) is 139 Å². The van der Waals surface area contributed by atoms with E-state index in [1.807, 2.05) is 110 Å². The van der Waals surface area contributed by atoms with Gasteiger partial charge in [-0.2, -0.15) is 4.72 Å². The number of aryl methyl sites for hydroxylation is 1. The highest BCUT2D eigenvalue weighted by molar-refractivity contribution is 7.89. The van der Waals surface area contributed by atoms with Crippen LogP contribution in [0.2, 0.25) is 0 Å². The molecule has 10 nitrogen and oxygen atoms in total. The summed E-state index contributed by atoms with van der Waals surface area (Å²) in [6, 6.07) is 38.3. The van der Waals surface area contributed by atoms with Crippen LogP contribution < -0.4 is 10.0 Å². The van der Waals surface area contributed by atoms with Gasteiger partial charge in [0.1, 0.15) is 6.04 Å². The van der Waals surface area contributed by atoms with Crippen molar-refractivity contribution in [3.05, 3.63) is 167 Å². The Kier molecular flexibility index (Phi) is 11.3. The van der Waals surface area contributed by atoms with Gasteiger partial charge in [-0.25, -0.2) is 13.4 Å². The predicted octanol–water partition coefficient (Wildman–Crippen LogP) is 6.53. The van der Waals surface area contributed by atoms with Crippen molar-refractivity contribution in [2.24, 2.45) is 5.92 Å². The molecule has 0 aliphatic carbocycles. The molecule has 2 heterocycles. The highest BCUT2D eigenvalue weighted by Gasteiger charge is 2.38. The Hall–Kier alpha value is -5.17. The summed E-state index contributed by atoms with van der Waals surface area (Å²) in [7, 11) is -3.96. The Morgan fingerprint density at radius 1 is 0.815 bits per heavy atom. The van der Waals surface area contributed by atoms with Gasteiger partial charge >= 0.3 is 0 Å². The van der Waals surface area contributed by atoms with E-state index >= 15 is 0 Å². The third-order valence-electron chi connectivity index (χ3n) is 9.97. The highest BCUT2D eigenvalue weighted by Crippen LogP contribution is 2.42. The molecule has 54 heavy (non-hydrogen) atoms. The van der Waals surface area contributed by atoms with Gasteiger partial charge in [-0.15, -0.1) is 0 Å². The number of nitrogens with one attached hydrogen (secondary N) is 2. The first kappa shape index (κ1) is 37.2. The minimum atomic E-state index is -3.96. The molecule has 6 aromatic rings. The van der Waals surface area contributed by atoms with Crippen LogP contribution in [0.4, 0.5) is 0 Å². The molecule has 5 unspecified atom stereocenters. The molecule has 3 N–H and O–H groups in total. The van der Waals surface area contributed by atoms with E-state index in [0.29, 0.717) is 6.54 Å². The van der Waals surface area contributed by atoms with Crippen molar-refractivity contribution in [3.63, 3.8) is 0 Å². The number of hydrogen-bond acceptors (Lipinski definition) is 7. The number of ether oxygens (including phenoxy) is 2. The van der Waals surface area contributed by atoms with Crippen LogP contribution in [0, 0.1) is 12.8 Å². The Bertz CT molecular complexity index is 2280. The van der Waals surface area contributed by atoms with E-state index in [4.69, 9.17) is 9.47 Å². The number of aromatic nitrogens is 2. The van der Waals surface area contributed by atoms with Gasteiger partial charge in [-0.3, -0.25) is 4.79 Å². The SMILES string of the molecule is Cc1ccc(S(=O)(=O)NC(Cc2ccccc2)C(=O)NCc2ccc(C3OC(Cn4cnc5ccccc54)C(C)C(c4ccc(CO)cc4)O3)cc2)cc1. The lowest BCUT2D eigenvalue weighted by Crippen LogP contribution is -2.47. The van der Waals surface area contributed by atoms with E-state index in [1.54, 1.807) is 12.1 Å². The number of imidazole rings is 1. The maximum atomic E-state index is 13.6. The van der Waals surface area contributed by atoms with E-state index in [2.05, 4.69) is 32.6 Å². The molecule has 1 aromatic heterocycles. The van der Waals surface area contributed by atoms with Gasteiger partial charge < -0.3 is 24.5 Å². The third kappa shape index (κ3) is 8.62. The van der Waals surface area contributed by atoms with Gasteiger partial charge in [0.15, 0.2) is 6.29 Å². The van der Waals surface area contributed by atoms with Crippen LogP contribution in [0.25, 0.3) is 11.0 Å². The molecular formula is C43H44N4O6S. The molecule has 1 aliphatic heterocycles. The number of carbonyl (C=O) groups is 1. The van der Waals surface area contributed by atoms with Gasteiger partial charge in [0, 0.05) is 18.0 Å². The van der Waals surface area contributed by atoms with E-state index in [-0.39, 0.29) is 42.6 Å². The molecular weight excluding hydrogens is 701 g/mol. The number of aliphatic hydroxyl groups is 1. The zero-order chi connectivity index (χ0) is 37.7. The van der Waals surface area contributed by atoms with E-state index in [1.165, 1.54) is 12.1 Å². The number of fused-ring (bicyclic) bond motifs is 1. The van der Waals surface area contributed by atoms with Crippen LogP contribution in [0.1, 0.15) is 52.7 Å². The lowest BCUT2D eigenvalue weighted by molar-refractivity contribution is -0.276. The van der Waals surface area contributed by atoms with Crippen molar-refractivity contribution in [2.75, 3.05) is 0 Å². The fourth-order valence-electron chi connectivity index (χ4n) is 6.79. The topological polar surface area (TPSA) is 132 Å². The molecule has 5 atom stereocenters. The van der Waals surface area contributed by atoms with Crippen LogP contribution in [0.3, 0.4) is 0 Å². The maximum absolute atomic E-state index is 13.6. The Labute approximate surface area is 315 Å². The molecule has 1 aliphatic rings. The van der Waals surface area contributed by atoms with Crippen LogP contribution >= 0.6 is 0 Å². The zero-order valence-corrected chi connectivity index (χ0v) is 31.0. The van der Waals surface area contributed by atoms with Crippen molar-refractivity contribution in [3.8, 4) is 0 Å². The van der Waals surface area contributed by atoms with Gasteiger partial charge in [0.2, 0.25) is 15.9 Å². The predicted molar refractivity (Wildman–Crippen MR) is 206 cm³/mol. The molecule has 278 valence electrons. The first-order chi connectivity index (χ1) is 26.2. The minimum absolute atomic E-state index is 0.0101. The van der Waals surface area contributed by atoms with Crippen LogP contribution in [-0.2, 0) is 50.4 Å². The second-order valence-corrected chi connectivity index (χ2v) is 15.6. The lowest BCUT2D eigenvalue weighted by atomic mass is 9.90. The first-order valence-electron chi connectivity index (χ1n) is 18.1. The summed E-state index contributed by atoms with van der Waals surface area (Å²) in [5, 5.41) is 12.6. The Balaban J connectivity index is 1.07. The highest BCUT2D eigenvalue weighted by atomic mass is 32.2. The number of benzene rings is 5. The minimum Gasteiger partial charge on any atom is -0.392 e. The Morgan fingerprint density at radius 2 is 1.48 bits per heavy atom. The van der Waals surface area contributed by atoms with Crippen molar-refractivity contribution in [2.45, 2.75) is 69.4 Å². The number of aliphatic hydroxyl groups excluding tert-OH is 1. The van der Waals surface area contributed by atoms with Gasteiger partial charge in [0.05, 0.1) is 47.6 Å². The quantitative estimate of drug-likeness (QED) is 0.123. The standard InChI is InChI=1S/C43H44N4O6S/c1-29-12-22-36(23-13-29)54(50,51)46-38(24-31-8-4-3-5-9-31)42(49)44-25-32-14-20-35(21-15-32)43-52-40(26-47-28-45-37-10-6-7-11-39(37)47)30(2)41(53-43)34-18-16-33(27-48)17-19-34/h3-23,28,30,38,40-41,43,46,48H,24-27H2,1-2H3,(H,44,49). The summed E-state index contributed by atoms with van der Waals surface area (Å²) in [4.78, 5) is 18.3. The number of rotatable bonds is 13. The third-order valence-corrected chi connectivity index (χ3v) is 11.5. The number of amides is 1. The molecule has 0 radical (unpaired) electrons. The van der Waals surface area contributed by atoms with Gasteiger partial charge in [-0.1, -0.05) is 116 Å². The summed E-state index contributed by atoms with van der Waals surface area (Å²) >= 11 is 0. The summed E-state index contributed by atoms with van der Waals surface area (Å²) in [6.07, 6.45) is 0.870. The van der Waals surface area contributed by atoms with Crippen molar-refractivity contribution < 1.29 is 27.8 Å². The van der Waals surface area contributed by atoms with E-state index < -0.39 is 28.3 Å². The average molecular weight is 745 g/mol. The number of nitrogens with zero attached hydrogens (tertiary/aromatic N) is 2. The van der Waals surface area contributed by atoms with E-state index in [0.717, 1.165) is 44.4 Å². The maximum Gasteiger partial charge on any atom is 0.241 e. The second-order valence-electron chi connectivity index (χ2n) is 13.8. The smallest absolute Gasteiger partial charge is 0.241 e. The molecule has 1 fully saturated rings. The van der Waals surface area contributed by atoms with Crippen molar-refractivity contribution >= 4 is 27.0 Å². The summed E-state index contributed by atoms with van der Waals surface area (Å²) in [5.74, 6) is -0.444. The molecule has 0 spiro atoms. The molecule has 11 heteroatoms. The second kappa shape index (κ2) is 16.5. The van der Waals surface area contributed by atoms with E-state index in [9.17, 15) is 18.3 Å².